The third-order valence-electron chi connectivity index (χ3n) is 5.85. The molecule has 4 rings (SSSR count). The highest BCUT2D eigenvalue weighted by atomic mass is 19.1. The van der Waals surface area contributed by atoms with E-state index in [2.05, 4.69) is 17.0 Å². The fraction of sp³-hybridized carbons (Fsp3) is 0.231. The van der Waals surface area contributed by atoms with Crippen molar-refractivity contribution < 1.29 is 8.78 Å². The smallest absolute Gasteiger partial charge is 0.267 e. The minimum atomic E-state index is -0.723. The van der Waals surface area contributed by atoms with Crippen LogP contribution in [0, 0.1) is 22.5 Å². The van der Waals surface area contributed by atoms with Crippen LogP contribution in [0.5, 0.6) is 0 Å². The van der Waals surface area contributed by atoms with E-state index in [1.807, 2.05) is 11.0 Å². The lowest BCUT2D eigenvalue weighted by Crippen LogP contribution is -2.46. The molecule has 1 aliphatic heterocycles. The molecule has 180 valence electrons. The predicted molar refractivity (Wildman–Crippen MR) is 132 cm³/mol. The summed E-state index contributed by atoms with van der Waals surface area (Å²) in [7, 11) is 2.06. The fourth-order valence-corrected chi connectivity index (χ4v) is 3.84. The molecule has 0 atom stereocenters. The number of nitrogens with zero attached hydrogens (tertiary/aromatic N) is 4. The normalized spacial score (nSPS) is 14.4. The van der Waals surface area contributed by atoms with Crippen molar-refractivity contribution >= 4 is 11.5 Å². The van der Waals surface area contributed by atoms with Gasteiger partial charge in [-0.2, -0.15) is 5.10 Å². The van der Waals surface area contributed by atoms with E-state index in [4.69, 9.17) is 10.8 Å². The third-order valence-corrected chi connectivity index (χ3v) is 5.85. The number of rotatable bonds is 6. The highest BCUT2D eigenvalue weighted by Crippen LogP contribution is 2.19. The molecule has 0 amide bonds. The number of hydrogen-bond donors (Lipinski definition) is 2. The zero-order valence-electron chi connectivity index (χ0n) is 19.3. The van der Waals surface area contributed by atoms with E-state index in [9.17, 15) is 13.6 Å². The van der Waals surface area contributed by atoms with Crippen molar-refractivity contribution in [2.75, 3.05) is 33.2 Å². The minimum absolute atomic E-state index is 0.131. The van der Waals surface area contributed by atoms with Crippen LogP contribution < -0.4 is 5.56 Å². The molecular formula is C26H26F2N6O. The van der Waals surface area contributed by atoms with E-state index in [-0.39, 0.29) is 29.1 Å². The predicted octanol–water partition coefficient (Wildman–Crippen LogP) is 3.39. The lowest BCUT2D eigenvalue weighted by molar-refractivity contribution is 0.215. The third kappa shape index (κ3) is 6.13. The molecule has 0 radical (unpaired) electrons. The van der Waals surface area contributed by atoms with Crippen molar-refractivity contribution in [1.29, 1.82) is 10.8 Å². The van der Waals surface area contributed by atoms with Gasteiger partial charge in [-0.05, 0) is 54.6 Å². The molecule has 0 spiro atoms. The van der Waals surface area contributed by atoms with Crippen LogP contribution in [0.2, 0.25) is 0 Å². The summed E-state index contributed by atoms with van der Waals surface area (Å²) in [6, 6.07) is 13.0. The topological polar surface area (TPSA) is 89.1 Å². The second kappa shape index (κ2) is 10.5. The number of likely N-dealkylation sites (N-methyl/N-ethyl adjacent to an activating group) is 1. The van der Waals surface area contributed by atoms with Crippen molar-refractivity contribution in [3.05, 3.63) is 99.9 Å². The zero-order chi connectivity index (χ0) is 24.9. The van der Waals surface area contributed by atoms with E-state index in [0.717, 1.165) is 49.9 Å². The van der Waals surface area contributed by atoms with Gasteiger partial charge in [0, 0.05) is 43.9 Å². The summed E-state index contributed by atoms with van der Waals surface area (Å²) in [5, 5.41) is 21.0. The maximum absolute atomic E-state index is 13.6. The molecule has 1 aliphatic rings. The Kier molecular flexibility index (Phi) is 7.26. The standard InChI is InChI=1S/C26H26F2N6O/c1-32-9-11-33(12-10-32)25(30)7-5-23(29)19-4-2-3-18(13-19)17-34-26(35)8-6-24(31-34)20-14-21(27)16-22(28)15-20/h2-8,13-16,29-30H,9-12,17H2,1H3/b7-5-,29-23?,30-25?. The molecule has 0 bridgehead atoms. The first kappa shape index (κ1) is 24.2. The van der Waals surface area contributed by atoms with Crippen LogP contribution in [0.15, 0.2) is 71.5 Å². The monoisotopic (exact) mass is 476 g/mol. The van der Waals surface area contributed by atoms with Gasteiger partial charge in [0.25, 0.3) is 5.56 Å². The highest BCUT2D eigenvalue weighted by Gasteiger charge is 2.15. The summed E-state index contributed by atoms with van der Waals surface area (Å²) in [5.41, 5.74) is 1.78. The van der Waals surface area contributed by atoms with Gasteiger partial charge >= 0.3 is 0 Å². The molecule has 1 saturated heterocycles. The Bertz CT molecular complexity index is 1320. The molecule has 7 nitrogen and oxygen atoms in total. The molecule has 2 heterocycles. The van der Waals surface area contributed by atoms with Crippen molar-refractivity contribution in [1.82, 2.24) is 19.6 Å². The molecule has 2 aromatic carbocycles. The largest absolute Gasteiger partial charge is 0.355 e. The quantitative estimate of drug-likeness (QED) is 0.422. The molecule has 2 N–H and O–H groups in total. The van der Waals surface area contributed by atoms with Crippen LogP contribution in [-0.4, -0.2) is 64.4 Å². The summed E-state index contributed by atoms with van der Waals surface area (Å²) >= 11 is 0. The van der Waals surface area contributed by atoms with E-state index in [1.165, 1.54) is 16.8 Å². The first-order chi connectivity index (χ1) is 16.8. The van der Waals surface area contributed by atoms with Crippen molar-refractivity contribution in [2.24, 2.45) is 0 Å². The van der Waals surface area contributed by atoms with Gasteiger partial charge in [-0.3, -0.25) is 10.2 Å². The fourth-order valence-electron chi connectivity index (χ4n) is 3.84. The summed E-state index contributed by atoms with van der Waals surface area (Å²) in [5.74, 6) is -1.07. The number of piperazine rings is 1. The molecule has 0 unspecified atom stereocenters. The highest BCUT2D eigenvalue weighted by molar-refractivity contribution is 6.09. The van der Waals surface area contributed by atoms with Gasteiger partial charge in [-0.15, -0.1) is 0 Å². The number of hydrogen-bond acceptors (Lipinski definition) is 5. The van der Waals surface area contributed by atoms with Crippen LogP contribution in [0.1, 0.15) is 11.1 Å². The van der Waals surface area contributed by atoms with Crippen LogP contribution in [-0.2, 0) is 6.54 Å². The summed E-state index contributed by atoms with van der Waals surface area (Å²) in [4.78, 5) is 16.6. The maximum Gasteiger partial charge on any atom is 0.267 e. The van der Waals surface area contributed by atoms with Crippen LogP contribution >= 0.6 is 0 Å². The number of nitrogens with one attached hydrogen (secondary N) is 2. The van der Waals surface area contributed by atoms with E-state index in [0.29, 0.717) is 11.4 Å². The molecule has 3 aromatic rings. The average Bonchev–Trinajstić information content (AvgIpc) is 2.83. The second-order valence-electron chi connectivity index (χ2n) is 8.50. The Labute approximate surface area is 202 Å². The van der Waals surface area contributed by atoms with E-state index in [1.54, 1.807) is 30.4 Å². The summed E-state index contributed by atoms with van der Waals surface area (Å²) in [6.07, 6.45) is 3.23. The maximum atomic E-state index is 13.6. The van der Waals surface area contributed by atoms with Crippen LogP contribution in [0.25, 0.3) is 11.3 Å². The van der Waals surface area contributed by atoms with Crippen molar-refractivity contribution in [2.45, 2.75) is 6.54 Å². The summed E-state index contributed by atoms with van der Waals surface area (Å²) < 4.78 is 28.5. The van der Waals surface area contributed by atoms with Gasteiger partial charge in [0.05, 0.1) is 18.0 Å². The molecule has 1 aromatic heterocycles. The van der Waals surface area contributed by atoms with Gasteiger partial charge in [0.1, 0.15) is 17.5 Å². The molecule has 0 aliphatic carbocycles. The number of aromatic nitrogens is 2. The van der Waals surface area contributed by atoms with Crippen LogP contribution in [0.3, 0.4) is 0 Å². The van der Waals surface area contributed by atoms with E-state index >= 15 is 0 Å². The zero-order valence-corrected chi connectivity index (χ0v) is 19.3. The first-order valence-corrected chi connectivity index (χ1v) is 11.2. The Hall–Kier alpha value is -3.98. The van der Waals surface area contributed by atoms with Gasteiger partial charge in [0.15, 0.2) is 0 Å². The first-order valence-electron chi connectivity index (χ1n) is 11.2. The average molecular weight is 477 g/mol. The van der Waals surface area contributed by atoms with Crippen molar-refractivity contribution in [3.8, 4) is 11.3 Å². The number of allylic oxidation sites excluding steroid dienone is 1. The minimum Gasteiger partial charge on any atom is -0.355 e. The Balaban J connectivity index is 1.49. The van der Waals surface area contributed by atoms with Gasteiger partial charge in [-0.1, -0.05) is 18.2 Å². The molecule has 0 saturated carbocycles. The molecule has 9 heteroatoms. The van der Waals surface area contributed by atoms with E-state index < -0.39 is 11.6 Å². The van der Waals surface area contributed by atoms with Crippen molar-refractivity contribution in [3.63, 3.8) is 0 Å². The number of amidine groups is 1. The molecule has 35 heavy (non-hydrogen) atoms. The SMILES string of the molecule is CN1CCN(C(=N)/C=C\C(=N)c2cccc(Cn3nc(-c4cc(F)cc(F)c4)ccc3=O)c2)CC1. The Morgan fingerprint density at radius 3 is 2.40 bits per heavy atom. The van der Waals surface area contributed by atoms with Gasteiger partial charge < -0.3 is 15.2 Å². The Morgan fingerprint density at radius 1 is 0.971 bits per heavy atom. The van der Waals surface area contributed by atoms with Crippen LogP contribution in [0.4, 0.5) is 8.78 Å². The number of halogens is 2. The lowest BCUT2D eigenvalue weighted by Gasteiger charge is -2.33. The summed E-state index contributed by atoms with van der Waals surface area (Å²) in [6.45, 7) is 3.50. The van der Waals surface area contributed by atoms with Gasteiger partial charge in [0.2, 0.25) is 0 Å². The molecular weight excluding hydrogens is 450 g/mol. The molecule has 1 fully saturated rings. The van der Waals surface area contributed by atoms with Gasteiger partial charge in [-0.25, -0.2) is 13.5 Å². The lowest BCUT2D eigenvalue weighted by atomic mass is 10.1. The number of benzene rings is 2. The Morgan fingerprint density at radius 2 is 1.69 bits per heavy atom. The second-order valence-corrected chi connectivity index (χ2v) is 8.50.